The van der Waals surface area contributed by atoms with Crippen molar-refractivity contribution in [3.05, 3.63) is 69.7 Å². The Kier molecular flexibility index (Phi) is 5.29. The van der Waals surface area contributed by atoms with E-state index in [1.54, 1.807) is 25.2 Å². The van der Waals surface area contributed by atoms with Gasteiger partial charge in [-0.3, -0.25) is 14.5 Å². The van der Waals surface area contributed by atoms with Crippen molar-refractivity contribution >= 4 is 28.1 Å². The molecule has 3 aromatic heterocycles. The first-order valence-electron chi connectivity index (χ1n) is 10.8. The van der Waals surface area contributed by atoms with Crippen molar-refractivity contribution in [3.63, 3.8) is 0 Å². The largest absolute Gasteiger partial charge is 0.368 e. The molecule has 4 heterocycles. The molecule has 5 rings (SSSR count). The number of amides is 1. The summed E-state index contributed by atoms with van der Waals surface area (Å²) in [5, 5.41) is 6.73. The minimum Gasteiger partial charge on any atom is -0.368 e. The molecule has 4 aromatic rings. The van der Waals surface area contributed by atoms with Crippen LogP contribution in [-0.4, -0.2) is 63.6 Å². The van der Waals surface area contributed by atoms with Crippen LogP contribution in [0.15, 0.2) is 41.3 Å². The van der Waals surface area contributed by atoms with Crippen LogP contribution >= 0.6 is 0 Å². The van der Waals surface area contributed by atoms with Crippen LogP contribution in [0.5, 0.6) is 0 Å². The predicted molar refractivity (Wildman–Crippen MR) is 123 cm³/mol. The quantitative estimate of drug-likeness (QED) is 0.492. The van der Waals surface area contributed by atoms with Crippen LogP contribution in [0.1, 0.15) is 21.7 Å². The van der Waals surface area contributed by atoms with Crippen molar-refractivity contribution in [2.24, 2.45) is 0 Å². The number of rotatable bonds is 4. The highest BCUT2D eigenvalue weighted by molar-refractivity contribution is 5.92. The predicted octanol–water partition coefficient (Wildman–Crippen LogP) is 1.70. The average Bonchev–Trinajstić information content (AvgIpc) is 3.31. The molecule has 0 bridgehead atoms. The molecule has 0 radical (unpaired) electrons. The number of carbonyl (C=O) groups excluding carboxylic acids is 1. The van der Waals surface area contributed by atoms with Crippen LogP contribution in [0.4, 0.5) is 10.1 Å². The SMILES string of the molecule is CNC(=O)c1ccc(N2CCN(Cc3cc4[nH]c(=O)c5ccnn5c4cc3F)CC2)c(C)n1. The maximum absolute atomic E-state index is 14.9. The summed E-state index contributed by atoms with van der Waals surface area (Å²) in [7, 11) is 1.58. The van der Waals surface area contributed by atoms with Crippen molar-refractivity contribution in [2.75, 3.05) is 38.1 Å². The number of carbonyl (C=O) groups is 1. The summed E-state index contributed by atoms with van der Waals surface area (Å²) in [6.45, 7) is 5.38. The fraction of sp³-hybridized carbons (Fsp3) is 0.304. The summed E-state index contributed by atoms with van der Waals surface area (Å²) in [6.07, 6.45) is 1.53. The van der Waals surface area contributed by atoms with E-state index in [-0.39, 0.29) is 17.3 Å². The number of halogens is 1. The summed E-state index contributed by atoms with van der Waals surface area (Å²) in [5.74, 6) is -0.528. The second-order valence-electron chi connectivity index (χ2n) is 8.19. The number of aryl methyl sites for hydroxylation is 1. The van der Waals surface area contributed by atoms with Gasteiger partial charge in [0.15, 0.2) is 0 Å². The molecule has 9 nitrogen and oxygen atoms in total. The number of nitrogens with one attached hydrogen (secondary N) is 2. The summed E-state index contributed by atoms with van der Waals surface area (Å²) in [4.78, 5) is 35.7. The molecule has 0 unspecified atom stereocenters. The first-order valence-corrected chi connectivity index (χ1v) is 10.8. The number of H-pyrrole nitrogens is 1. The van der Waals surface area contributed by atoms with Crippen LogP contribution in [0.25, 0.3) is 16.6 Å². The summed E-state index contributed by atoms with van der Waals surface area (Å²) >= 11 is 0. The molecule has 0 atom stereocenters. The number of hydrogen-bond acceptors (Lipinski definition) is 6. The number of benzene rings is 1. The molecule has 2 N–H and O–H groups in total. The van der Waals surface area contributed by atoms with E-state index in [1.165, 1.54) is 16.8 Å². The highest BCUT2D eigenvalue weighted by Crippen LogP contribution is 2.23. The molecule has 1 amide bonds. The Labute approximate surface area is 188 Å². The Bertz CT molecular complexity index is 1420. The fourth-order valence-corrected chi connectivity index (χ4v) is 4.39. The normalized spacial score (nSPS) is 14.8. The lowest BCUT2D eigenvalue weighted by molar-refractivity contribution is 0.0958. The lowest BCUT2D eigenvalue weighted by atomic mass is 10.1. The molecule has 1 aromatic carbocycles. The van der Waals surface area contributed by atoms with Gasteiger partial charge in [-0.05, 0) is 31.2 Å². The molecular weight excluding hydrogens is 425 g/mol. The van der Waals surface area contributed by atoms with E-state index in [0.717, 1.165) is 37.6 Å². The Morgan fingerprint density at radius 2 is 1.94 bits per heavy atom. The maximum Gasteiger partial charge on any atom is 0.274 e. The van der Waals surface area contributed by atoms with Gasteiger partial charge in [-0.15, -0.1) is 0 Å². The monoisotopic (exact) mass is 449 g/mol. The number of aromatic nitrogens is 4. The van der Waals surface area contributed by atoms with Crippen molar-refractivity contribution in [3.8, 4) is 0 Å². The second-order valence-corrected chi connectivity index (χ2v) is 8.19. The summed E-state index contributed by atoms with van der Waals surface area (Å²) in [6, 6.07) is 8.39. The van der Waals surface area contributed by atoms with Crippen molar-refractivity contribution in [2.45, 2.75) is 13.5 Å². The molecule has 0 saturated carbocycles. The highest BCUT2D eigenvalue weighted by Gasteiger charge is 2.21. The van der Waals surface area contributed by atoms with Crippen molar-refractivity contribution in [1.29, 1.82) is 0 Å². The van der Waals surface area contributed by atoms with Crippen molar-refractivity contribution < 1.29 is 9.18 Å². The van der Waals surface area contributed by atoms with Gasteiger partial charge in [-0.25, -0.2) is 13.9 Å². The van der Waals surface area contributed by atoms with Gasteiger partial charge in [0.05, 0.1) is 28.6 Å². The molecule has 1 saturated heterocycles. The zero-order valence-electron chi connectivity index (χ0n) is 18.4. The second kappa shape index (κ2) is 8.28. The van der Waals surface area contributed by atoms with Gasteiger partial charge in [-0.2, -0.15) is 5.10 Å². The van der Waals surface area contributed by atoms with E-state index in [1.807, 2.05) is 13.0 Å². The smallest absolute Gasteiger partial charge is 0.274 e. The number of nitrogens with zero attached hydrogens (tertiary/aromatic N) is 5. The molecular formula is C23H24FN7O2. The molecule has 1 aliphatic rings. The van der Waals surface area contributed by atoms with Crippen LogP contribution < -0.4 is 15.8 Å². The highest BCUT2D eigenvalue weighted by atomic mass is 19.1. The van der Waals surface area contributed by atoms with E-state index >= 15 is 0 Å². The van der Waals surface area contributed by atoms with Crippen LogP contribution in [-0.2, 0) is 6.54 Å². The van der Waals surface area contributed by atoms with Gasteiger partial charge in [0, 0.05) is 51.4 Å². The summed E-state index contributed by atoms with van der Waals surface area (Å²) < 4.78 is 16.4. The van der Waals surface area contributed by atoms with E-state index < -0.39 is 0 Å². The van der Waals surface area contributed by atoms with Gasteiger partial charge in [0.1, 0.15) is 17.0 Å². The minimum absolute atomic E-state index is 0.207. The van der Waals surface area contributed by atoms with Gasteiger partial charge >= 0.3 is 0 Å². The molecule has 1 fully saturated rings. The maximum atomic E-state index is 14.9. The Morgan fingerprint density at radius 1 is 1.15 bits per heavy atom. The van der Waals surface area contributed by atoms with Gasteiger partial charge in [0.25, 0.3) is 11.5 Å². The lowest BCUT2D eigenvalue weighted by Gasteiger charge is -2.36. The van der Waals surface area contributed by atoms with E-state index in [4.69, 9.17) is 0 Å². The number of pyridine rings is 1. The lowest BCUT2D eigenvalue weighted by Crippen LogP contribution is -2.46. The third kappa shape index (κ3) is 3.82. The zero-order valence-corrected chi connectivity index (χ0v) is 18.4. The number of anilines is 1. The van der Waals surface area contributed by atoms with E-state index in [0.29, 0.717) is 34.4 Å². The van der Waals surface area contributed by atoms with Gasteiger partial charge in [-0.1, -0.05) is 0 Å². The Hall–Kier alpha value is -3.79. The number of fused-ring (bicyclic) bond motifs is 3. The molecule has 1 aliphatic heterocycles. The molecule has 170 valence electrons. The Balaban J connectivity index is 1.31. The minimum atomic E-state index is -0.321. The Morgan fingerprint density at radius 3 is 2.67 bits per heavy atom. The van der Waals surface area contributed by atoms with E-state index in [9.17, 15) is 14.0 Å². The third-order valence-corrected chi connectivity index (χ3v) is 6.14. The van der Waals surface area contributed by atoms with Crippen molar-refractivity contribution in [1.82, 2.24) is 29.8 Å². The molecule has 10 heteroatoms. The topological polar surface area (TPSA) is 98.6 Å². The van der Waals surface area contributed by atoms with E-state index in [2.05, 4.69) is 30.2 Å². The number of aromatic amines is 1. The first kappa shape index (κ1) is 21.1. The van der Waals surface area contributed by atoms with Crippen LogP contribution in [0.2, 0.25) is 0 Å². The average molecular weight is 449 g/mol. The van der Waals surface area contributed by atoms with Gasteiger partial charge in [0.2, 0.25) is 0 Å². The standard InChI is InChI=1S/C23H24FN7O2/c1-14-19(4-3-17(27-14)22(32)25-2)30-9-7-29(8-10-30)13-15-11-18-21(12-16(15)24)31-20(5-6-26-31)23(33)28-18/h3-6,11-12H,7-10,13H2,1-2H3,(H,25,32)(H,28,33). The molecule has 0 spiro atoms. The van der Waals surface area contributed by atoms with Gasteiger partial charge < -0.3 is 15.2 Å². The number of piperazine rings is 1. The molecule has 33 heavy (non-hydrogen) atoms. The first-order chi connectivity index (χ1) is 15.9. The summed E-state index contributed by atoms with van der Waals surface area (Å²) in [5.41, 5.74) is 3.96. The molecule has 0 aliphatic carbocycles. The van der Waals surface area contributed by atoms with Crippen LogP contribution in [0.3, 0.4) is 0 Å². The van der Waals surface area contributed by atoms with Crippen LogP contribution in [0, 0.1) is 12.7 Å². The third-order valence-electron chi connectivity index (χ3n) is 6.14. The fourth-order valence-electron chi connectivity index (χ4n) is 4.39. The zero-order chi connectivity index (χ0) is 23.1. The number of hydrogen-bond donors (Lipinski definition) is 2.